The number of azide groups is 1. The summed E-state index contributed by atoms with van der Waals surface area (Å²) in [5.41, 5.74) is 12.3. The molecule has 1 aliphatic carbocycles. The Morgan fingerprint density at radius 2 is 2.31 bits per heavy atom. The highest BCUT2D eigenvalue weighted by Crippen LogP contribution is 2.25. The maximum atomic E-state index is 8.23. The van der Waals surface area contributed by atoms with Crippen molar-refractivity contribution in [1.29, 1.82) is 0 Å². The molecule has 0 atom stereocenters. The Hall–Kier alpha value is -1.47. The first-order valence-corrected chi connectivity index (χ1v) is 4.52. The maximum absolute atomic E-state index is 8.23. The molecule has 3 nitrogen and oxygen atoms in total. The van der Waals surface area contributed by atoms with Gasteiger partial charge in [0.2, 0.25) is 0 Å². The molecule has 0 radical (unpaired) electrons. The van der Waals surface area contributed by atoms with E-state index in [0.29, 0.717) is 6.54 Å². The number of hydrogen-bond donors (Lipinski definition) is 0. The molecule has 0 saturated heterocycles. The third-order valence-corrected chi connectivity index (χ3v) is 2.55. The van der Waals surface area contributed by atoms with Gasteiger partial charge in [-0.25, -0.2) is 0 Å². The standard InChI is InChI=1S/C10H11N3/c11-13-12-7-9-5-1-3-8-4-2-6-10(8)9/h1,3,5H,2,4,6-7H2. The van der Waals surface area contributed by atoms with Crippen molar-refractivity contribution in [3.63, 3.8) is 0 Å². The molecule has 0 saturated carbocycles. The molecule has 0 fully saturated rings. The van der Waals surface area contributed by atoms with E-state index in [1.54, 1.807) is 0 Å². The first-order valence-electron chi connectivity index (χ1n) is 4.52. The van der Waals surface area contributed by atoms with E-state index in [-0.39, 0.29) is 0 Å². The molecule has 1 aromatic carbocycles. The molecule has 3 heteroatoms. The molecule has 13 heavy (non-hydrogen) atoms. The molecule has 0 aromatic heterocycles. The minimum Gasteiger partial charge on any atom is -0.0893 e. The average molecular weight is 173 g/mol. The van der Waals surface area contributed by atoms with E-state index in [9.17, 15) is 0 Å². The molecule has 1 aliphatic rings. The summed E-state index contributed by atoms with van der Waals surface area (Å²) in [5, 5.41) is 3.60. The zero-order chi connectivity index (χ0) is 9.10. The van der Waals surface area contributed by atoms with Crippen molar-refractivity contribution in [2.24, 2.45) is 5.11 Å². The van der Waals surface area contributed by atoms with Gasteiger partial charge in [0.05, 0.1) is 6.54 Å². The van der Waals surface area contributed by atoms with Crippen LogP contribution in [0.25, 0.3) is 10.4 Å². The summed E-state index contributed by atoms with van der Waals surface area (Å²) in [6.07, 6.45) is 3.56. The van der Waals surface area contributed by atoms with Gasteiger partial charge in [-0.05, 0) is 41.5 Å². The third kappa shape index (κ3) is 1.51. The van der Waals surface area contributed by atoms with Crippen molar-refractivity contribution < 1.29 is 0 Å². The van der Waals surface area contributed by atoms with Gasteiger partial charge >= 0.3 is 0 Å². The minimum absolute atomic E-state index is 0.500. The Morgan fingerprint density at radius 1 is 1.38 bits per heavy atom. The van der Waals surface area contributed by atoms with Gasteiger partial charge in [-0.15, -0.1) is 0 Å². The molecule has 66 valence electrons. The smallest absolute Gasteiger partial charge is 0.0513 e. The number of aryl methyl sites for hydroxylation is 1. The molecule has 0 N–H and O–H groups in total. The molecule has 0 unspecified atom stereocenters. The monoisotopic (exact) mass is 173 g/mol. The van der Waals surface area contributed by atoms with Crippen molar-refractivity contribution in [2.75, 3.05) is 0 Å². The zero-order valence-electron chi connectivity index (χ0n) is 7.40. The molecule has 2 rings (SSSR count). The predicted molar refractivity (Wildman–Crippen MR) is 51.3 cm³/mol. The number of nitrogens with zero attached hydrogens (tertiary/aromatic N) is 3. The number of hydrogen-bond acceptors (Lipinski definition) is 1. The number of benzene rings is 1. The van der Waals surface area contributed by atoms with Crippen molar-refractivity contribution in [2.45, 2.75) is 25.8 Å². The fourth-order valence-electron chi connectivity index (χ4n) is 1.95. The van der Waals surface area contributed by atoms with Gasteiger partial charge in [0.15, 0.2) is 0 Å². The second kappa shape index (κ2) is 3.50. The van der Waals surface area contributed by atoms with Crippen molar-refractivity contribution >= 4 is 0 Å². The molecule has 0 aliphatic heterocycles. The summed E-state index contributed by atoms with van der Waals surface area (Å²) in [6.45, 7) is 0.500. The molecular weight excluding hydrogens is 162 g/mol. The van der Waals surface area contributed by atoms with Crippen LogP contribution in [-0.2, 0) is 19.4 Å². The van der Waals surface area contributed by atoms with Gasteiger partial charge in [0, 0.05) is 4.91 Å². The van der Waals surface area contributed by atoms with Crippen LogP contribution in [0.3, 0.4) is 0 Å². The lowest BCUT2D eigenvalue weighted by Crippen LogP contribution is -1.90. The summed E-state index contributed by atoms with van der Waals surface area (Å²) < 4.78 is 0. The van der Waals surface area contributed by atoms with Crippen LogP contribution < -0.4 is 0 Å². The second-order valence-electron chi connectivity index (χ2n) is 3.30. The third-order valence-electron chi connectivity index (χ3n) is 2.55. The Morgan fingerprint density at radius 3 is 3.15 bits per heavy atom. The van der Waals surface area contributed by atoms with Gasteiger partial charge < -0.3 is 0 Å². The van der Waals surface area contributed by atoms with E-state index >= 15 is 0 Å². The van der Waals surface area contributed by atoms with E-state index in [0.717, 1.165) is 6.42 Å². The van der Waals surface area contributed by atoms with Gasteiger partial charge in [-0.3, -0.25) is 0 Å². The van der Waals surface area contributed by atoms with Crippen LogP contribution in [0.5, 0.6) is 0 Å². The zero-order valence-corrected chi connectivity index (χ0v) is 7.40. The highest BCUT2D eigenvalue weighted by molar-refractivity contribution is 5.38. The summed E-state index contributed by atoms with van der Waals surface area (Å²) in [5.74, 6) is 0. The molecule has 0 spiro atoms. The van der Waals surface area contributed by atoms with E-state index in [1.807, 2.05) is 6.07 Å². The van der Waals surface area contributed by atoms with Crippen LogP contribution in [-0.4, -0.2) is 0 Å². The Bertz CT molecular complexity index is 364. The van der Waals surface area contributed by atoms with Gasteiger partial charge in [-0.1, -0.05) is 23.3 Å². The molecular formula is C10H11N3. The van der Waals surface area contributed by atoms with E-state index in [1.165, 1.54) is 29.5 Å². The summed E-state index contributed by atoms with van der Waals surface area (Å²) in [4.78, 5) is 2.78. The van der Waals surface area contributed by atoms with Crippen LogP contribution >= 0.6 is 0 Å². The first kappa shape index (κ1) is 8.14. The fraction of sp³-hybridized carbons (Fsp3) is 0.400. The SMILES string of the molecule is [N-]=[N+]=NCc1cccc2c1CCC2. The lowest BCUT2D eigenvalue weighted by atomic mass is 10.0. The molecule has 0 amide bonds. The van der Waals surface area contributed by atoms with Crippen molar-refractivity contribution in [1.82, 2.24) is 0 Å². The second-order valence-corrected chi connectivity index (χ2v) is 3.30. The number of rotatable bonds is 2. The lowest BCUT2D eigenvalue weighted by molar-refractivity contribution is 0.902. The Labute approximate surface area is 77.0 Å². The first-order chi connectivity index (χ1) is 6.42. The van der Waals surface area contributed by atoms with Gasteiger partial charge in [0.1, 0.15) is 0 Å². The van der Waals surface area contributed by atoms with Crippen LogP contribution in [0.1, 0.15) is 23.1 Å². The van der Waals surface area contributed by atoms with Gasteiger partial charge in [-0.2, -0.15) is 0 Å². The normalized spacial score (nSPS) is 13.5. The van der Waals surface area contributed by atoms with Crippen LogP contribution in [0.2, 0.25) is 0 Å². The fourth-order valence-corrected chi connectivity index (χ4v) is 1.95. The Kier molecular flexibility index (Phi) is 2.19. The van der Waals surface area contributed by atoms with Crippen LogP contribution in [0.15, 0.2) is 23.3 Å². The molecule has 1 aromatic rings. The van der Waals surface area contributed by atoms with Crippen LogP contribution in [0.4, 0.5) is 0 Å². The maximum Gasteiger partial charge on any atom is 0.0513 e. The van der Waals surface area contributed by atoms with E-state index in [4.69, 9.17) is 5.53 Å². The van der Waals surface area contributed by atoms with E-state index in [2.05, 4.69) is 22.2 Å². The van der Waals surface area contributed by atoms with Crippen molar-refractivity contribution in [3.05, 3.63) is 45.3 Å². The summed E-state index contributed by atoms with van der Waals surface area (Å²) in [7, 11) is 0. The highest BCUT2D eigenvalue weighted by Gasteiger charge is 2.12. The van der Waals surface area contributed by atoms with Gasteiger partial charge in [0.25, 0.3) is 0 Å². The minimum atomic E-state index is 0.500. The topological polar surface area (TPSA) is 48.8 Å². The predicted octanol–water partition coefficient (Wildman–Crippen LogP) is 2.99. The molecule has 0 bridgehead atoms. The average Bonchev–Trinajstić information content (AvgIpc) is 2.62. The summed E-state index contributed by atoms with van der Waals surface area (Å²) >= 11 is 0. The quantitative estimate of drug-likeness (QED) is 0.375. The highest BCUT2D eigenvalue weighted by atomic mass is 15.1. The van der Waals surface area contributed by atoms with E-state index < -0.39 is 0 Å². The van der Waals surface area contributed by atoms with Crippen molar-refractivity contribution in [3.8, 4) is 0 Å². The number of fused-ring (bicyclic) bond motifs is 1. The largest absolute Gasteiger partial charge is 0.0893 e. The summed E-state index contributed by atoms with van der Waals surface area (Å²) in [6, 6.07) is 6.27. The lowest BCUT2D eigenvalue weighted by Gasteiger charge is -2.04. The Balaban J connectivity index is 2.35. The molecule has 0 heterocycles. The van der Waals surface area contributed by atoms with Crippen LogP contribution in [0, 0.1) is 0 Å².